The first-order valence-electron chi connectivity index (χ1n) is 9.85. The SMILES string of the molecule is COc1cccc(N2CCN(C(=O)c3ccc(-c4nc5ccccc5s4)o3)CC2)c1. The zero-order chi connectivity index (χ0) is 20.5. The fourth-order valence-corrected chi connectivity index (χ4v) is 4.60. The number of fused-ring (bicyclic) bond motifs is 1. The number of thiazole rings is 1. The first-order valence-corrected chi connectivity index (χ1v) is 10.7. The second-order valence-electron chi connectivity index (χ2n) is 7.13. The lowest BCUT2D eigenvalue weighted by atomic mass is 10.2. The van der Waals surface area contributed by atoms with Crippen LogP contribution in [0.4, 0.5) is 5.69 Å². The van der Waals surface area contributed by atoms with Crippen LogP contribution >= 0.6 is 11.3 Å². The van der Waals surface area contributed by atoms with Gasteiger partial charge in [0.2, 0.25) is 0 Å². The van der Waals surface area contributed by atoms with Gasteiger partial charge in [0.1, 0.15) is 5.75 Å². The number of para-hydroxylation sites is 1. The van der Waals surface area contributed by atoms with Crippen molar-refractivity contribution in [3.05, 3.63) is 66.4 Å². The molecule has 0 unspecified atom stereocenters. The number of benzene rings is 2. The second-order valence-corrected chi connectivity index (χ2v) is 8.16. The predicted octanol–water partition coefficient (Wildman–Crippen LogP) is 4.53. The number of nitrogens with zero attached hydrogens (tertiary/aromatic N) is 3. The number of furan rings is 1. The van der Waals surface area contributed by atoms with Crippen LogP contribution < -0.4 is 9.64 Å². The highest BCUT2D eigenvalue weighted by molar-refractivity contribution is 7.21. The standard InChI is InChI=1S/C23H21N3O3S/c1-28-17-6-4-5-16(15-17)25-11-13-26(14-12-25)23(27)20-10-9-19(29-20)22-24-18-7-2-3-8-21(18)30-22/h2-10,15H,11-14H2,1H3. The van der Waals surface area contributed by atoms with Gasteiger partial charge in [0.05, 0.1) is 17.3 Å². The van der Waals surface area contributed by atoms with Gasteiger partial charge in [0.25, 0.3) is 5.91 Å². The van der Waals surface area contributed by atoms with Gasteiger partial charge < -0.3 is 19.0 Å². The monoisotopic (exact) mass is 419 g/mol. The third-order valence-corrected chi connectivity index (χ3v) is 6.36. The number of carbonyl (C=O) groups is 1. The number of methoxy groups -OCH3 is 1. The molecule has 0 spiro atoms. The molecule has 1 saturated heterocycles. The summed E-state index contributed by atoms with van der Waals surface area (Å²) in [5.74, 6) is 1.75. The van der Waals surface area contributed by atoms with E-state index in [2.05, 4.69) is 16.0 Å². The zero-order valence-electron chi connectivity index (χ0n) is 16.6. The first kappa shape index (κ1) is 18.7. The van der Waals surface area contributed by atoms with Crippen LogP contribution in [0.1, 0.15) is 10.6 Å². The maximum Gasteiger partial charge on any atom is 0.289 e. The van der Waals surface area contributed by atoms with Crippen molar-refractivity contribution >= 4 is 33.1 Å². The van der Waals surface area contributed by atoms with Crippen molar-refractivity contribution < 1.29 is 13.9 Å². The maximum absolute atomic E-state index is 12.9. The molecule has 1 amide bonds. The van der Waals surface area contributed by atoms with Gasteiger partial charge in [0, 0.05) is 37.9 Å². The van der Waals surface area contributed by atoms with Crippen molar-refractivity contribution in [3.63, 3.8) is 0 Å². The van der Waals surface area contributed by atoms with Crippen LogP contribution in [-0.4, -0.2) is 49.1 Å². The Bertz CT molecular complexity index is 1160. The first-order chi connectivity index (χ1) is 14.7. The van der Waals surface area contributed by atoms with Crippen LogP contribution in [0.15, 0.2) is 65.1 Å². The van der Waals surface area contributed by atoms with Crippen LogP contribution in [-0.2, 0) is 0 Å². The molecule has 0 aliphatic carbocycles. The molecule has 6 nitrogen and oxygen atoms in total. The van der Waals surface area contributed by atoms with Crippen molar-refractivity contribution in [1.29, 1.82) is 0 Å². The van der Waals surface area contributed by atoms with Crippen molar-refractivity contribution in [2.24, 2.45) is 0 Å². The van der Waals surface area contributed by atoms with Gasteiger partial charge >= 0.3 is 0 Å². The number of carbonyl (C=O) groups excluding carboxylic acids is 1. The smallest absolute Gasteiger partial charge is 0.289 e. The van der Waals surface area contributed by atoms with Crippen LogP contribution in [0.25, 0.3) is 21.0 Å². The van der Waals surface area contributed by atoms with E-state index in [-0.39, 0.29) is 5.91 Å². The molecule has 152 valence electrons. The molecule has 5 rings (SSSR count). The summed E-state index contributed by atoms with van der Waals surface area (Å²) < 4.78 is 12.3. The normalized spacial score (nSPS) is 14.3. The largest absolute Gasteiger partial charge is 0.497 e. The second kappa shape index (κ2) is 7.84. The fourth-order valence-electron chi connectivity index (χ4n) is 3.68. The fraction of sp³-hybridized carbons (Fsp3) is 0.217. The van der Waals surface area contributed by atoms with E-state index in [1.54, 1.807) is 24.5 Å². The van der Waals surface area contributed by atoms with Gasteiger partial charge in [-0.05, 0) is 36.4 Å². The molecule has 30 heavy (non-hydrogen) atoms. The van der Waals surface area contributed by atoms with Crippen molar-refractivity contribution in [1.82, 2.24) is 9.88 Å². The van der Waals surface area contributed by atoms with E-state index < -0.39 is 0 Å². The molecule has 4 aromatic rings. The number of hydrogen-bond acceptors (Lipinski definition) is 6. The van der Waals surface area contributed by atoms with Gasteiger partial charge in [-0.3, -0.25) is 4.79 Å². The maximum atomic E-state index is 12.9. The third-order valence-electron chi connectivity index (χ3n) is 5.31. The van der Waals surface area contributed by atoms with E-state index in [0.29, 0.717) is 24.6 Å². The van der Waals surface area contributed by atoms with E-state index >= 15 is 0 Å². The summed E-state index contributed by atoms with van der Waals surface area (Å²) in [4.78, 5) is 21.7. The Morgan fingerprint density at radius 2 is 1.87 bits per heavy atom. The summed E-state index contributed by atoms with van der Waals surface area (Å²) in [5.41, 5.74) is 2.05. The number of piperazine rings is 1. The number of rotatable bonds is 4. The molecule has 0 atom stereocenters. The highest BCUT2D eigenvalue weighted by Crippen LogP contribution is 2.31. The summed E-state index contributed by atoms with van der Waals surface area (Å²) in [5, 5.41) is 0.790. The van der Waals surface area contributed by atoms with Gasteiger partial charge in [0.15, 0.2) is 16.5 Å². The van der Waals surface area contributed by atoms with Gasteiger partial charge in [-0.1, -0.05) is 18.2 Å². The lowest BCUT2D eigenvalue weighted by Gasteiger charge is -2.35. The Labute approximate surface area is 178 Å². The summed E-state index contributed by atoms with van der Waals surface area (Å²) >= 11 is 1.57. The van der Waals surface area contributed by atoms with Crippen LogP contribution in [0.5, 0.6) is 5.75 Å². The minimum absolute atomic E-state index is 0.0762. The molecule has 7 heteroatoms. The van der Waals surface area contributed by atoms with Gasteiger partial charge in [-0.2, -0.15) is 0 Å². The minimum Gasteiger partial charge on any atom is -0.497 e. The molecule has 0 saturated carbocycles. The quantitative estimate of drug-likeness (QED) is 0.487. The molecule has 1 fully saturated rings. The van der Waals surface area contributed by atoms with E-state index in [1.807, 2.05) is 53.4 Å². The molecular weight excluding hydrogens is 398 g/mol. The molecule has 0 bridgehead atoms. The van der Waals surface area contributed by atoms with E-state index in [1.165, 1.54) is 0 Å². The minimum atomic E-state index is -0.0762. The van der Waals surface area contributed by atoms with Crippen LogP contribution in [0.2, 0.25) is 0 Å². The summed E-state index contributed by atoms with van der Waals surface area (Å²) in [6, 6.07) is 19.6. The molecule has 1 aliphatic heterocycles. The van der Waals surface area contributed by atoms with Gasteiger partial charge in [-0.25, -0.2) is 4.98 Å². The van der Waals surface area contributed by atoms with Crippen molar-refractivity contribution in [3.8, 4) is 16.5 Å². The van der Waals surface area contributed by atoms with Gasteiger partial charge in [-0.15, -0.1) is 11.3 Å². The summed E-state index contributed by atoms with van der Waals surface area (Å²) in [6.45, 7) is 2.83. The zero-order valence-corrected chi connectivity index (χ0v) is 17.4. The van der Waals surface area contributed by atoms with Crippen LogP contribution in [0, 0.1) is 0 Å². The third kappa shape index (κ3) is 3.52. The predicted molar refractivity (Wildman–Crippen MR) is 118 cm³/mol. The van der Waals surface area contributed by atoms with E-state index in [0.717, 1.165) is 39.8 Å². The highest BCUT2D eigenvalue weighted by atomic mass is 32.1. The Morgan fingerprint density at radius 1 is 1.03 bits per heavy atom. The summed E-state index contributed by atoms with van der Waals surface area (Å²) in [7, 11) is 1.67. The van der Waals surface area contributed by atoms with Crippen molar-refractivity contribution in [2.75, 3.05) is 38.2 Å². The molecule has 3 heterocycles. The number of amides is 1. The Kier molecular flexibility index (Phi) is 4.88. The molecule has 1 aliphatic rings. The Hall–Kier alpha value is -3.32. The van der Waals surface area contributed by atoms with E-state index in [9.17, 15) is 4.79 Å². The average Bonchev–Trinajstić information content (AvgIpc) is 3.46. The highest BCUT2D eigenvalue weighted by Gasteiger charge is 2.25. The number of aromatic nitrogens is 1. The molecule has 0 N–H and O–H groups in total. The summed E-state index contributed by atoms with van der Waals surface area (Å²) in [6.07, 6.45) is 0. The number of ether oxygens (including phenoxy) is 1. The number of hydrogen-bond donors (Lipinski definition) is 0. The Morgan fingerprint density at radius 3 is 2.67 bits per heavy atom. The lowest BCUT2D eigenvalue weighted by Crippen LogP contribution is -2.48. The van der Waals surface area contributed by atoms with Crippen molar-refractivity contribution in [2.45, 2.75) is 0 Å². The topological polar surface area (TPSA) is 58.8 Å². The molecule has 2 aromatic heterocycles. The molecular formula is C23H21N3O3S. The number of anilines is 1. The average molecular weight is 420 g/mol. The van der Waals surface area contributed by atoms with Crippen LogP contribution in [0.3, 0.4) is 0 Å². The Balaban J connectivity index is 1.27. The molecule has 0 radical (unpaired) electrons. The lowest BCUT2D eigenvalue weighted by molar-refractivity contribution is 0.0715. The van der Waals surface area contributed by atoms with E-state index in [4.69, 9.17) is 9.15 Å². The molecule has 2 aromatic carbocycles.